The van der Waals surface area contributed by atoms with Crippen molar-refractivity contribution in [2.24, 2.45) is 0 Å². The zero-order chi connectivity index (χ0) is 16.2. The van der Waals surface area contributed by atoms with Gasteiger partial charge >= 0.3 is 0 Å². The zero-order valence-electron chi connectivity index (χ0n) is 13.4. The highest BCUT2D eigenvalue weighted by atomic mass is 32.1. The van der Waals surface area contributed by atoms with Crippen LogP contribution in [-0.4, -0.2) is 30.7 Å². The summed E-state index contributed by atoms with van der Waals surface area (Å²) in [4.78, 5) is 2.15. The van der Waals surface area contributed by atoms with E-state index < -0.39 is 6.10 Å². The largest absolute Gasteiger partial charge is 0.497 e. The number of fused-ring (bicyclic) bond motifs is 1. The molecule has 1 unspecified atom stereocenters. The van der Waals surface area contributed by atoms with Gasteiger partial charge in [-0.2, -0.15) is 0 Å². The molecular formula is C19H21NO2S. The third kappa shape index (κ3) is 3.72. The summed E-state index contributed by atoms with van der Waals surface area (Å²) < 4.78 is 6.53. The van der Waals surface area contributed by atoms with E-state index in [4.69, 9.17) is 4.74 Å². The Morgan fingerprint density at radius 1 is 1.17 bits per heavy atom. The molecule has 0 aliphatic heterocycles. The third-order valence-electron chi connectivity index (χ3n) is 3.96. The normalized spacial score (nSPS) is 12.7. The summed E-state index contributed by atoms with van der Waals surface area (Å²) in [6.45, 7) is 1.41. The van der Waals surface area contributed by atoms with E-state index in [1.54, 1.807) is 18.4 Å². The van der Waals surface area contributed by atoms with E-state index in [-0.39, 0.29) is 0 Å². The van der Waals surface area contributed by atoms with E-state index in [1.807, 2.05) is 31.3 Å². The first kappa shape index (κ1) is 16.0. The van der Waals surface area contributed by atoms with Crippen molar-refractivity contribution in [1.82, 2.24) is 4.90 Å². The summed E-state index contributed by atoms with van der Waals surface area (Å²) in [6, 6.07) is 16.1. The lowest BCUT2D eigenvalue weighted by Gasteiger charge is -2.21. The molecule has 1 atom stereocenters. The fraction of sp³-hybridized carbons (Fsp3) is 0.263. The van der Waals surface area contributed by atoms with Crippen molar-refractivity contribution in [3.8, 4) is 5.75 Å². The summed E-state index contributed by atoms with van der Waals surface area (Å²) in [5.41, 5.74) is 2.19. The molecule has 3 rings (SSSR count). The molecule has 2 aromatic carbocycles. The van der Waals surface area contributed by atoms with Gasteiger partial charge < -0.3 is 9.84 Å². The van der Waals surface area contributed by atoms with E-state index >= 15 is 0 Å². The van der Waals surface area contributed by atoms with Crippen LogP contribution in [0.5, 0.6) is 5.75 Å². The maximum absolute atomic E-state index is 10.5. The van der Waals surface area contributed by atoms with Crippen molar-refractivity contribution in [2.45, 2.75) is 12.6 Å². The first-order valence-corrected chi connectivity index (χ1v) is 8.51. The third-order valence-corrected chi connectivity index (χ3v) is 4.98. The van der Waals surface area contributed by atoms with E-state index in [9.17, 15) is 5.11 Å². The van der Waals surface area contributed by atoms with Gasteiger partial charge in [-0.05, 0) is 47.1 Å². The van der Waals surface area contributed by atoms with Crippen LogP contribution in [0.15, 0.2) is 53.9 Å². The molecule has 0 saturated heterocycles. The number of hydrogen-bond acceptors (Lipinski definition) is 4. The molecule has 3 aromatic rings. The van der Waals surface area contributed by atoms with Crippen LogP contribution in [-0.2, 0) is 6.54 Å². The van der Waals surface area contributed by atoms with Crippen molar-refractivity contribution in [1.29, 1.82) is 0 Å². The van der Waals surface area contributed by atoms with E-state index in [1.165, 1.54) is 15.6 Å². The van der Waals surface area contributed by atoms with Crippen LogP contribution in [0.25, 0.3) is 10.1 Å². The second-order valence-corrected chi connectivity index (χ2v) is 6.66. The molecule has 3 nitrogen and oxygen atoms in total. The number of nitrogens with zero attached hydrogens (tertiary/aromatic N) is 1. The molecule has 0 spiro atoms. The number of benzene rings is 2. The lowest BCUT2D eigenvalue weighted by atomic mass is 10.1. The minimum Gasteiger partial charge on any atom is -0.497 e. The minimum absolute atomic E-state index is 0.528. The maximum Gasteiger partial charge on any atom is 0.119 e. The maximum atomic E-state index is 10.5. The van der Waals surface area contributed by atoms with Gasteiger partial charge in [-0.1, -0.05) is 30.3 Å². The van der Waals surface area contributed by atoms with Crippen LogP contribution in [0.3, 0.4) is 0 Å². The lowest BCUT2D eigenvalue weighted by molar-refractivity contribution is 0.124. The topological polar surface area (TPSA) is 32.7 Å². The van der Waals surface area contributed by atoms with Crippen LogP contribution in [0.4, 0.5) is 0 Å². The molecule has 120 valence electrons. The highest BCUT2D eigenvalue weighted by Crippen LogP contribution is 2.27. The Morgan fingerprint density at radius 3 is 2.83 bits per heavy atom. The summed E-state index contributed by atoms with van der Waals surface area (Å²) in [7, 11) is 3.68. The summed E-state index contributed by atoms with van der Waals surface area (Å²) in [6.07, 6.45) is -0.528. The molecule has 0 aliphatic carbocycles. The van der Waals surface area contributed by atoms with E-state index in [0.29, 0.717) is 6.54 Å². The van der Waals surface area contributed by atoms with Gasteiger partial charge in [0.2, 0.25) is 0 Å². The van der Waals surface area contributed by atoms with Gasteiger partial charge in [-0.25, -0.2) is 0 Å². The van der Waals surface area contributed by atoms with E-state index in [2.05, 4.69) is 34.5 Å². The van der Waals surface area contributed by atoms with Crippen molar-refractivity contribution >= 4 is 21.4 Å². The predicted molar refractivity (Wildman–Crippen MR) is 96.1 cm³/mol. The van der Waals surface area contributed by atoms with Gasteiger partial charge in [0.1, 0.15) is 5.75 Å². The zero-order valence-corrected chi connectivity index (χ0v) is 14.2. The number of thiophene rings is 1. The van der Waals surface area contributed by atoms with Gasteiger partial charge in [0.15, 0.2) is 0 Å². The number of aliphatic hydroxyl groups is 1. The highest BCUT2D eigenvalue weighted by molar-refractivity contribution is 7.17. The van der Waals surface area contributed by atoms with Gasteiger partial charge in [-0.3, -0.25) is 4.90 Å². The summed E-state index contributed by atoms with van der Waals surface area (Å²) in [5, 5.41) is 14.0. The summed E-state index contributed by atoms with van der Waals surface area (Å²) >= 11 is 1.77. The van der Waals surface area contributed by atoms with Crippen LogP contribution < -0.4 is 4.74 Å². The fourth-order valence-electron chi connectivity index (χ4n) is 2.76. The Balaban J connectivity index is 1.67. The van der Waals surface area contributed by atoms with Gasteiger partial charge in [0, 0.05) is 17.8 Å². The molecule has 0 amide bonds. The molecule has 0 aliphatic rings. The Kier molecular flexibility index (Phi) is 4.96. The molecular weight excluding hydrogens is 306 g/mol. The Bertz CT molecular complexity index is 784. The van der Waals surface area contributed by atoms with Gasteiger partial charge in [0.05, 0.1) is 13.2 Å². The van der Waals surface area contributed by atoms with Crippen LogP contribution in [0.1, 0.15) is 17.2 Å². The van der Waals surface area contributed by atoms with Gasteiger partial charge in [-0.15, -0.1) is 11.3 Å². The number of rotatable bonds is 6. The molecule has 1 N–H and O–H groups in total. The second kappa shape index (κ2) is 7.13. The average Bonchev–Trinajstić information content (AvgIpc) is 2.98. The average molecular weight is 327 g/mol. The predicted octanol–water partition coefficient (Wildman–Crippen LogP) is 4.08. The lowest BCUT2D eigenvalue weighted by Crippen LogP contribution is -2.24. The van der Waals surface area contributed by atoms with Gasteiger partial charge in [0.25, 0.3) is 0 Å². The molecule has 4 heteroatoms. The standard InChI is InChI=1S/C19H21NO2S/c1-20(11-15-13-23-19-9-4-3-8-17(15)19)12-18(21)14-6-5-7-16(10-14)22-2/h3-10,13,18,21H,11-12H2,1-2H3. The van der Waals surface area contributed by atoms with Crippen molar-refractivity contribution in [2.75, 3.05) is 20.7 Å². The second-order valence-electron chi connectivity index (χ2n) is 5.75. The molecule has 1 heterocycles. The van der Waals surface area contributed by atoms with E-state index in [0.717, 1.165) is 17.9 Å². The van der Waals surface area contributed by atoms with Crippen LogP contribution in [0, 0.1) is 0 Å². The molecule has 0 fully saturated rings. The molecule has 0 bridgehead atoms. The van der Waals surface area contributed by atoms with Crippen molar-refractivity contribution < 1.29 is 9.84 Å². The van der Waals surface area contributed by atoms with Crippen molar-refractivity contribution in [3.05, 3.63) is 65.0 Å². The Hall–Kier alpha value is -1.88. The highest BCUT2D eigenvalue weighted by Gasteiger charge is 2.13. The Labute approximate surface area is 140 Å². The first-order valence-electron chi connectivity index (χ1n) is 7.63. The smallest absolute Gasteiger partial charge is 0.119 e. The quantitative estimate of drug-likeness (QED) is 0.740. The van der Waals surface area contributed by atoms with Crippen LogP contribution in [0.2, 0.25) is 0 Å². The number of hydrogen-bond donors (Lipinski definition) is 1. The number of methoxy groups -OCH3 is 1. The number of aliphatic hydroxyl groups excluding tert-OH is 1. The summed E-state index contributed by atoms with van der Waals surface area (Å²) in [5.74, 6) is 0.771. The first-order chi connectivity index (χ1) is 11.2. The monoisotopic (exact) mass is 327 g/mol. The number of likely N-dealkylation sites (N-methyl/N-ethyl adjacent to an activating group) is 1. The Morgan fingerprint density at radius 2 is 2.00 bits per heavy atom. The van der Waals surface area contributed by atoms with Crippen LogP contribution >= 0.6 is 11.3 Å². The molecule has 1 aromatic heterocycles. The molecule has 23 heavy (non-hydrogen) atoms. The number of ether oxygens (including phenoxy) is 1. The minimum atomic E-state index is -0.528. The van der Waals surface area contributed by atoms with Crippen molar-refractivity contribution in [3.63, 3.8) is 0 Å². The SMILES string of the molecule is COc1cccc(C(O)CN(C)Cc2csc3ccccc23)c1. The molecule has 0 saturated carbocycles. The molecule has 0 radical (unpaired) electrons. The fourth-order valence-corrected chi connectivity index (χ4v) is 3.71.